The summed E-state index contributed by atoms with van der Waals surface area (Å²) < 4.78 is 0. The van der Waals surface area contributed by atoms with Gasteiger partial charge in [0.25, 0.3) is 0 Å². The lowest BCUT2D eigenvalue weighted by Crippen LogP contribution is -1.92. The number of aryl methyl sites for hydroxylation is 3. The van der Waals surface area contributed by atoms with E-state index in [1.807, 2.05) is 5.38 Å². The van der Waals surface area contributed by atoms with E-state index in [1.165, 1.54) is 28.0 Å². The molecule has 124 valence electrons. The molecular weight excluding hydrogens is 326 g/mol. The summed E-state index contributed by atoms with van der Waals surface area (Å²) in [6.45, 7) is 6.18. The Labute approximate surface area is 152 Å². The van der Waals surface area contributed by atoms with Crippen molar-refractivity contribution >= 4 is 22.6 Å². The Morgan fingerprint density at radius 3 is 2.36 bits per heavy atom. The Morgan fingerprint density at radius 2 is 1.72 bits per heavy atom. The predicted molar refractivity (Wildman–Crippen MR) is 105 cm³/mol. The van der Waals surface area contributed by atoms with Gasteiger partial charge in [0.15, 0.2) is 0 Å². The molecule has 0 radical (unpaired) electrons. The van der Waals surface area contributed by atoms with Gasteiger partial charge in [0.1, 0.15) is 16.6 Å². The lowest BCUT2D eigenvalue weighted by Gasteiger charge is -2.05. The van der Waals surface area contributed by atoms with Crippen LogP contribution in [-0.2, 0) is 0 Å². The second kappa shape index (κ2) is 7.33. The molecule has 25 heavy (non-hydrogen) atoms. The van der Waals surface area contributed by atoms with Crippen molar-refractivity contribution < 1.29 is 0 Å². The van der Waals surface area contributed by atoms with Crippen molar-refractivity contribution in [1.82, 2.24) is 4.98 Å². The predicted octanol–water partition coefficient (Wildman–Crippen LogP) is 5.71. The average Bonchev–Trinajstić information content (AvgIpc) is 3.05. The molecule has 0 aliphatic heterocycles. The van der Waals surface area contributed by atoms with Gasteiger partial charge in [-0.1, -0.05) is 35.9 Å². The number of thiazole rings is 1. The van der Waals surface area contributed by atoms with E-state index in [4.69, 9.17) is 0 Å². The van der Waals surface area contributed by atoms with Crippen molar-refractivity contribution in [2.75, 3.05) is 5.32 Å². The molecule has 3 aromatic rings. The molecule has 0 unspecified atom stereocenters. The summed E-state index contributed by atoms with van der Waals surface area (Å²) in [7, 11) is 0. The van der Waals surface area contributed by atoms with E-state index in [0.717, 1.165) is 22.0 Å². The second-order valence-electron chi connectivity index (χ2n) is 6.09. The van der Waals surface area contributed by atoms with E-state index in [0.29, 0.717) is 5.57 Å². The van der Waals surface area contributed by atoms with Crippen molar-refractivity contribution in [1.29, 1.82) is 5.26 Å². The molecule has 0 bridgehead atoms. The van der Waals surface area contributed by atoms with E-state index in [2.05, 4.69) is 79.6 Å². The molecule has 0 aliphatic carbocycles. The molecule has 0 spiro atoms. The van der Waals surface area contributed by atoms with Crippen LogP contribution in [0.15, 0.2) is 54.0 Å². The van der Waals surface area contributed by atoms with Crippen LogP contribution in [0.2, 0.25) is 0 Å². The molecule has 2 aromatic carbocycles. The first-order valence-electron chi connectivity index (χ1n) is 8.03. The number of nitrogens with zero attached hydrogens (tertiary/aromatic N) is 2. The number of hydrogen-bond acceptors (Lipinski definition) is 4. The fraction of sp³-hybridized carbons (Fsp3) is 0.143. The third-order valence-corrected chi connectivity index (χ3v) is 4.68. The quantitative estimate of drug-likeness (QED) is 0.616. The van der Waals surface area contributed by atoms with E-state index in [9.17, 15) is 5.26 Å². The van der Waals surface area contributed by atoms with Crippen molar-refractivity contribution in [2.24, 2.45) is 0 Å². The van der Waals surface area contributed by atoms with Gasteiger partial charge in [-0.25, -0.2) is 4.98 Å². The van der Waals surface area contributed by atoms with Crippen LogP contribution in [0.25, 0.3) is 16.8 Å². The van der Waals surface area contributed by atoms with Gasteiger partial charge in [0, 0.05) is 22.8 Å². The minimum absolute atomic E-state index is 0.530. The summed E-state index contributed by atoms with van der Waals surface area (Å²) in [6.07, 6.45) is 1.73. The number of nitrogens with one attached hydrogen (secondary N) is 1. The van der Waals surface area contributed by atoms with Crippen molar-refractivity contribution in [3.8, 4) is 17.3 Å². The number of benzene rings is 2. The van der Waals surface area contributed by atoms with Crippen LogP contribution in [-0.4, -0.2) is 4.98 Å². The molecule has 0 amide bonds. The molecule has 1 aromatic heterocycles. The highest BCUT2D eigenvalue weighted by atomic mass is 32.1. The summed E-state index contributed by atoms with van der Waals surface area (Å²) in [5, 5.41) is 15.4. The van der Waals surface area contributed by atoms with Crippen LogP contribution in [0.5, 0.6) is 0 Å². The Morgan fingerprint density at radius 1 is 1.04 bits per heavy atom. The van der Waals surface area contributed by atoms with Crippen LogP contribution >= 0.6 is 11.3 Å². The molecule has 3 nitrogen and oxygen atoms in total. The molecular formula is C21H19N3S. The Balaban J connectivity index is 1.84. The van der Waals surface area contributed by atoms with Gasteiger partial charge in [-0.3, -0.25) is 0 Å². The lowest BCUT2D eigenvalue weighted by molar-refractivity contribution is 1.35. The minimum atomic E-state index is 0.530. The number of nitriles is 1. The smallest absolute Gasteiger partial charge is 0.136 e. The molecule has 0 saturated heterocycles. The fourth-order valence-electron chi connectivity index (χ4n) is 2.61. The number of hydrogen-bond donors (Lipinski definition) is 1. The van der Waals surface area contributed by atoms with E-state index in [-0.39, 0.29) is 0 Å². The second-order valence-corrected chi connectivity index (χ2v) is 6.95. The monoisotopic (exact) mass is 345 g/mol. The standard InChI is InChI=1S/C21H19N3S/c1-14-4-6-17(7-5-14)20-13-25-21(24-20)18(11-22)12-23-19-9-15(2)8-16(3)10-19/h4-10,12-13,23H,1-3H3/b18-12+. The lowest BCUT2D eigenvalue weighted by atomic mass is 10.1. The maximum atomic E-state index is 9.49. The average molecular weight is 345 g/mol. The zero-order valence-electron chi connectivity index (χ0n) is 14.5. The molecule has 0 fully saturated rings. The van der Waals surface area contributed by atoms with Gasteiger partial charge < -0.3 is 5.32 Å². The largest absolute Gasteiger partial charge is 0.360 e. The number of rotatable bonds is 4. The van der Waals surface area contributed by atoms with E-state index in [1.54, 1.807) is 6.20 Å². The molecule has 0 saturated carbocycles. The zero-order chi connectivity index (χ0) is 17.8. The van der Waals surface area contributed by atoms with Gasteiger partial charge in [-0.15, -0.1) is 11.3 Å². The van der Waals surface area contributed by atoms with Gasteiger partial charge in [0.05, 0.1) is 5.69 Å². The summed E-state index contributed by atoms with van der Waals surface area (Å²) in [6, 6.07) is 16.7. The van der Waals surface area contributed by atoms with Crippen molar-refractivity contribution in [3.05, 3.63) is 75.7 Å². The topological polar surface area (TPSA) is 48.7 Å². The summed E-state index contributed by atoms with van der Waals surface area (Å²) in [5.74, 6) is 0. The number of anilines is 1. The highest BCUT2D eigenvalue weighted by molar-refractivity contribution is 7.11. The molecule has 0 aliphatic rings. The first kappa shape index (κ1) is 16.9. The highest BCUT2D eigenvalue weighted by Gasteiger charge is 2.09. The molecule has 1 N–H and O–H groups in total. The Bertz CT molecular complexity index is 939. The first-order chi connectivity index (χ1) is 12.0. The van der Waals surface area contributed by atoms with E-state index < -0.39 is 0 Å². The maximum Gasteiger partial charge on any atom is 0.136 e. The minimum Gasteiger partial charge on any atom is -0.360 e. The van der Waals surface area contributed by atoms with E-state index >= 15 is 0 Å². The summed E-state index contributed by atoms with van der Waals surface area (Å²) in [5.41, 5.74) is 7.05. The number of allylic oxidation sites excluding steroid dienone is 1. The van der Waals surface area contributed by atoms with Crippen molar-refractivity contribution in [2.45, 2.75) is 20.8 Å². The molecule has 4 heteroatoms. The molecule has 3 rings (SSSR count). The Hall–Kier alpha value is -2.90. The maximum absolute atomic E-state index is 9.49. The zero-order valence-corrected chi connectivity index (χ0v) is 15.3. The van der Waals surface area contributed by atoms with Gasteiger partial charge in [0.2, 0.25) is 0 Å². The van der Waals surface area contributed by atoms with Gasteiger partial charge in [-0.2, -0.15) is 5.26 Å². The number of aromatic nitrogens is 1. The van der Waals surface area contributed by atoms with Crippen LogP contribution in [0, 0.1) is 32.1 Å². The fourth-order valence-corrected chi connectivity index (χ4v) is 3.40. The van der Waals surface area contributed by atoms with Gasteiger partial charge in [-0.05, 0) is 44.0 Å². The van der Waals surface area contributed by atoms with Crippen LogP contribution in [0.1, 0.15) is 21.7 Å². The van der Waals surface area contributed by atoms with Crippen molar-refractivity contribution in [3.63, 3.8) is 0 Å². The summed E-state index contributed by atoms with van der Waals surface area (Å²) >= 11 is 1.48. The summed E-state index contributed by atoms with van der Waals surface area (Å²) in [4.78, 5) is 4.62. The normalized spacial score (nSPS) is 11.2. The Kier molecular flexibility index (Phi) is 4.97. The third-order valence-electron chi connectivity index (χ3n) is 3.81. The highest BCUT2D eigenvalue weighted by Crippen LogP contribution is 2.26. The third kappa shape index (κ3) is 4.14. The van der Waals surface area contributed by atoms with Crippen LogP contribution in [0.4, 0.5) is 5.69 Å². The molecule has 1 heterocycles. The molecule has 0 atom stereocenters. The van der Waals surface area contributed by atoms with Crippen LogP contribution in [0.3, 0.4) is 0 Å². The van der Waals surface area contributed by atoms with Crippen LogP contribution < -0.4 is 5.32 Å². The first-order valence-corrected chi connectivity index (χ1v) is 8.91. The SMILES string of the molecule is Cc1ccc(-c2csc(/C(C#N)=C/Nc3cc(C)cc(C)c3)n2)cc1. The van der Waals surface area contributed by atoms with Gasteiger partial charge >= 0.3 is 0 Å².